The number of carbonyl (C=O) groups excluding carboxylic acids is 2. The predicted octanol–water partition coefficient (Wildman–Crippen LogP) is 6.29. The predicted molar refractivity (Wildman–Crippen MR) is 167 cm³/mol. The van der Waals surface area contributed by atoms with E-state index >= 15 is 0 Å². The van der Waals surface area contributed by atoms with E-state index in [0.717, 1.165) is 27.6 Å². The summed E-state index contributed by atoms with van der Waals surface area (Å²) in [6.07, 6.45) is 0. The van der Waals surface area contributed by atoms with Crippen molar-refractivity contribution in [2.45, 2.75) is 19.8 Å². The van der Waals surface area contributed by atoms with Gasteiger partial charge in [-0.25, -0.2) is 4.79 Å². The molecule has 0 aromatic heterocycles. The van der Waals surface area contributed by atoms with Crippen LogP contribution in [-0.2, 0) is 4.79 Å². The average Bonchev–Trinajstić information content (AvgIpc) is 3.05. The van der Waals surface area contributed by atoms with E-state index in [1.165, 1.54) is 0 Å². The van der Waals surface area contributed by atoms with Crippen molar-refractivity contribution in [1.82, 2.24) is 9.80 Å². The van der Waals surface area contributed by atoms with E-state index in [1.54, 1.807) is 36.0 Å². The zero-order valence-electron chi connectivity index (χ0n) is 24.7. The molecule has 1 N–H and O–H groups in total. The third kappa shape index (κ3) is 5.98. The number of benzene rings is 4. The van der Waals surface area contributed by atoms with Crippen molar-refractivity contribution in [3.05, 3.63) is 102 Å². The van der Waals surface area contributed by atoms with Crippen LogP contribution in [-0.4, -0.2) is 61.6 Å². The fourth-order valence-corrected chi connectivity index (χ4v) is 5.88. The standard InChI is InChI=1S/C35H36N4O4/c1-4-43-27-18-16-26(17-19-27)37-34(41)39-22-20-38(21-23-39)33(40)35(2,24-36)32(30-13-7-8-15-31(30)42-3)29-14-9-11-25-10-5-6-12-28(25)29/h5-19,32H,4,20-23H2,1-3H3,(H,37,41). The quantitative estimate of drug-likeness (QED) is 0.266. The molecule has 0 spiro atoms. The lowest BCUT2D eigenvalue weighted by atomic mass is 9.68. The zero-order valence-corrected chi connectivity index (χ0v) is 24.7. The first-order valence-electron chi connectivity index (χ1n) is 14.5. The summed E-state index contributed by atoms with van der Waals surface area (Å²) in [6, 6.07) is 31.0. The number of nitriles is 1. The van der Waals surface area contributed by atoms with Gasteiger partial charge < -0.3 is 24.6 Å². The summed E-state index contributed by atoms with van der Waals surface area (Å²) in [5.41, 5.74) is 0.866. The lowest BCUT2D eigenvalue weighted by Gasteiger charge is -2.40. The molecule has 8 heteroatoms. The smallest absolute Gasteiger partial charge is 0.321 e. The van der Waals surface area contributed by atoms with Crippen LogP contribution in [0.4, 0.5) is 10.5 Å². The van der Waals surface area contributed by atoms with E-state index in [-0.39, 0.29) is 11.9 Å². The number of rotatable bonds is 8. The molecule has 43 heavy (non-hydrogen) atoms. The van der Waals surface area contributed by atoms with E-state index in [0.29, 0.717) is 44.2 Å². The molecule has 1 heterocycles. The summed E-state index contributed by atoms with van der Waals surface area (Å²) < 4.78 is 11.2. The Morgan fingerprint density at radius 2 is 1.51 bits per heavy atom. The van der Waals surface area contributed by atoms with Gasteiger partial charge in [0, 0.05) is 43.3 Å². The van der Waals surface area contributed by atoms with Gasteiger partial charge in [-0.1, -0.05) is 60.7 Å². The maximum absolute atomic E-state index is 14.4. The number of ether oxygens (including phenoxy) is 2. The third-order valence-corrected chi connectivity index (χ3v) is 8.11. The van der Waals surface area contributed by atoms with Crippen LogP contribution >= 0.6 is 0 Å². The van der Waals surface area contributed by atoms with E-state index in [2.05, 4.69) is 11.4 Å². The van der Waals surface area contributed by atoms with Gasteiger partial charge in [-0.15, -0.1) is 0 Å². The number of amides is 3. The Morgan fingerprint density at radius 1 is 0.884 bits per heavy atom. The Bertz CT molecular complexity index is 1630. The van der Waals surface area contributed by atoms with E-state index in [9.17, 15) is 14.9 Å². The topological polar surface area (TPSA) is 94.9 Å². The van der Waals surface area contributed by atoms with Gasteiger partial charge >= 0.3 is 6.03 Å². The first-order valence-corrected chi connectivity index (χ1v) is 14.5. The summed E-state index contributed by atoms with van der Waals surface area (Å²) in [7, 11) is 1.60. The molecular weight excluding hydrogens is 540 g/mol. The number of methoxy groups -OCH3 is 1. The van der Waals surface area contributed by atoms with Crippen LogP contribution in [0.15, 0.2) is 91.0 Å². The van der Waals surface area contributed by atoms with Crippen molar-refractivity contribution in [2.75, 3.05) is 45.2 Å². The molecule has 0 aliphatic carbocycles. The van der Waals surface area contributed by atoms with Crippen molar-refractivity contribution >= 4 is 28.4 Å². The number of nitrogens with zero attached hydrogens (tertiary/aromatic N) is 3. The van der Waals surface area contributed by atoms with Gasteiger partial charge in [0.15, 0.2) is 0 Å². The SMILES string of the molecule is CCOc1ccc(NC(=O)N2CCN(C(=O)C(C)(C#N)C(c3ccccc3OC)c3cccc4ccccc34)CC2)cc1. The van der Waals surface area contributed by atoms with Crippen LogP contribution in [0.1, 0.15) is 30.9 Å². The Labute approximate surface area is 252 Å². The number of piperazine rings is 1. The van der Waals surface area contributed by atoms with Crippen molar-refractivity contribution in [3.8, 4) is 17.6 Å². The second-order valence-corrected chi connectivity index (χ2v) is 10.7. The molecule has 1 fully saturated rings. The Balaban J connectivity index is 1.40. The van der Waals surface area contributed by atoms with Gasteiger partial charge in [0.25, 0.3) is 0 Å². The fraction of sp³-hybridized carbons (Fsp3) is 0.286. The highest BCUT2D eigenvalue weighted by Gasteiger charge is 2.47. The lowest BCUT2D eigenvalue weighted by Crippen LogP contribution is -2.55. The number of hydrogen-bond donors (Lipinski definition) is 1. The van der Waals surface area contributed by atoms with Crippen LogP contribution in [0.3, 0.4) is 0 Å². The first kappa shape index (κ1) is 29.5. The molecule has 4 aromatic carbocycles. The van der Waals surface area contributed by atoms with Gasteiger partial charge in [0.05, 0.1) is 19.8 Å². The van der Waals surface area contributed by atoms with Crippen LogP contribution in [0, 0.1) is 16.7 Å². The molecule has 1 saturated heterocycles. The zero-order chi connectivity index (χ0) is 30.4. The maximum atomic E-state index is 14.4. The minimum Gasteiger partial charge on any atom is -0.496 e. The highest BCUT2D eigenvalue weighted by atomic mass is 16.5. The number of hydrogen-bond acceptors (Lipinski definition) is 5. The normalized spacial score (nSPS) is 15.2. The van der Waals surface area contributed by atoms with Gasteiger partial charge in [-0.05, 0) is 60.5 Å². The van der Waals surface area contributed by atoms with Crippen molar-refractivity contribution < 1.29 is 19.1 Å². The monoisotopic (exact) mass is 576 g/mol. The largest absolute Gasteiger partial charge is 0.496 e. The summed E-state index contributed by atoms with van der Waals surface area (Å²) in [4.78, 5) is 30.7. The molecule has 1 aliphatic rings. The molecule has 0 bridgehead atoms. The molecule has 0 saturated carbocycles. The Morgan fingerprint density at radius 3 is 2.21 bits per heavy atom. The first-order chi connectivity index (χ1) is 20.9. The number of nitrogens with one attached hydrogen (secondary N) is 1. The minimum atomic E-state index is -1.45. The van der Waals surface area contributed by atoms with Gasteiger partial charge in [-0.2, -0.15) is 5.26 Å². The van der Waals surface area contributed by atoms with Crippen molar-refractivity contribution in [2.24, 2.45) is 5.41 Å². The molecule has 2 unspecified atom stereocenters. The summed E-state index contributed by atoms with van der Waals surface area (Å²) >= 11 is 0. The molecule has 5 rings (SSSR count). The number of anilines is 1. The Hall–Kier alpha value is -5.03. The molecule has 0 radical (unpaired) electrons. The second kappa shape index (κ2) is 12.9. The maximum Gasteiger partial charge on any atom is 0.321 e. The third-order valence-electron chi connectivity index (χ3n) is 8.11. The van der Waals surface area contributed by atoms with E-state index in [4.69, 9.17) is 9.47 Å². The summed E-state index contributed by atoms with van der Waals surface area (Å²) in [5.74, 6) is 0.479. The van der Waals surface area contributed by atoms with Crippen LogP contribution in [0.25, 0.3) is 10.8 Å². The molecule has 220 valence electrons. The van der Waals surface area contributed by atoms with Crippen molar-refractivity contribution in [3.63, 3.8) is 0 Å². The minimum absolute atomic E-state index is 0.234. The van der Waals surface area contributed by atoms with Crippen LogP contribution in [0.2, 0.25) is 0 Å². The number of para-hydroxylation sites is 1. The average molecular weight is 577 g/mol. The number of carbonyl (C=O) groups is 2. The summed E-state index contributed by atoms with van der Waals surface area (Å²) in [6.45, 7) is 5.55. The van der Waals surface area contributed by atoms with Gasteiger partial charge in [0.1, 0.15) is 16.9 Å². The second-order valence-electron chi connectivity index (χ2n) is 10.7. The van der Waals surface area contributed by atoms with Crippen LogP contribution in [0.5, 0.6) is 11.5 Å². The Kier molecular flexibility index (Phi) is 8.82. The molecule has 2 atom stereocenters. The molecular formula is C35H36N4O4. The highest BCUT2D eigenvalue weighted by Crippen LogP contribution is 2.47. The number of fused-ring (bicyclic) bond motifs is 1. The van der Waals surface area contributed by atoms with Gasteiger partial charge in [-0.3, -0.25) is 4.79 Å². The fourth-order valence-electron chi connectivity index (χ4n) is 5.88. The van der Waals surface area contributed by atoms with Gasteiger partial charge in [0.2, 0.25) is 5.91 Å². The van der Waals surface area contributed by atoms with E-state index < -0.39 is 11.3 Å². The molecule has 1 aliphatic heterocycles. The van der Waals surface area contributed by atoms with Crippen molar-refractivity contribution in [1.29, 1.82) is 5.26 Å². The molecule has 8 nitrogen and oxygen atoms in total. The highest BCUT2D eigenvalue weighted by molar-refractivity contribution is 5.92. The van der Waals surface area contributed by atoms with Crippen LogP contribution < -0.4 is 14.8 Å². The van der Waals surface area contributed by atoms with E-state index in [1.807, 2.05) is 85.8 Å². The summed E-state index contributed by atoms with van der Waals surface area (Å²) in [5, 5.41) is 15.7. The molecule has 3 amide bonds. The molecule has 4 aromatic rings. The number of urea groups is 1. The lowest BCUT2D eigenvalue weighted by molar-refractivity contribution is -0.140.